The number of carbonyl (C=O) groups is 2. The Kier molecular flexibility index (Phi) is 3.01. The number of rotatable bonds is 2. The minimum absolute atomic E-state index is 0.0242. The molecule has 1 saturated heterocycles. The summed E-state index contributed by atoms with van der Waals surface area (Å²) in [6.45, 7) is 2.55. The maximum atomic E-state index is 11.9. The fraction of sp³-hybridized carbons (Fsp3) is 0.500. The van der Waals surface area contributed by atoms with Crippen LogP contribution in [0, 0.1) is 0 Å². The van der Waals surface area contributed by atoms with Gasteiger partial charge in [-0.25, -0.2) is 4.79 Å². The lowest BCUT2D eigenvalue weighted by molar-refractivity contribution is -0.179. The number of halogens is 3. The van der Waals surface area contributed by atoms with E-state index in [0.717, 1.165) is 0 Å². The molecule has 1 rings (SSSR count). The first-order valence-electron chi connectivity index (χ1n) is 3.97. The van der Waals surface area contributed by atoms with E-state index >= 15 is 0 Å². The summed E-state index contributed by atoms with van der Waals surface area (Å²) >= 11 is 0. The average molecular weight is 224 g/mol. The Balaban J connectivity index is 2.49. The Morgan fingerprint density at radius 1 is 1.53 bits per heavy atom. The van der Waals surface area contributed by atoms with Crippen LogP contribution in [0.1, 0.15) is 12.8 Å². The van der Waals surface area contributed by atoms with E-state index < -0.39 is 30.0 Å². The van der Waals surface area contributed by atoms with E-state index in [1.165, 1.54) is 0 Å². The van der Waals surface area contributed by atoms with Crippen molar-refractivity contribution in [2.75, 3.05) is 0 Å². The molecule has 0 aromatic rings. The van der Waals surface area contributed by atoms with Gasteiger partial charge in [-0.1, -0.05) is 6.58 Å². The quantitative estimate of drug-likeness (QED) is 0.524. The molecule has 1 fully saturated rings. The molecular formula is C8H7F3O4. The molecule has 0 spiro atoms. The first-order chi connectivity index (χ1) is 6.80. The van der Waals surface area contributed by atoms with Crippen LogP contribution < -0.4 is 0 Å². The maximum Gasteiger partial charge on any atom is 0.422 e. The second kappa shape index (κ2) is 3.92. The third-order valence-corrected chi connectivity index (χ3v) is 1.67. The van der Waals surface area contributed by atoms with Gasteiger partial charge in [-0.05, 0) is 0 Å². The summed E-state index contributed by atoms with van der Waals surface area (Å²) in [5.41, 5.74) is -1.62. The van der Waals surface area contributed by atoms with Crippen LogP contribution in [0.2, 0.25) is 0 Å². The number of carbonyl (C=O) groups excluding carboxylic acids is 2. The van der Waals surface area contributed by atoms with E-state index in [0.29, 0.717) is 0 Å². The minimum Gasteiger partial charge on any atom is -0.425 e. The number of hydrogen-bond donors (Lipinski definition) is 0. The van der Waals surface area contributed by atoms with Gasteiger partial charge in [0, 0.05) is 6.42 Å². The van der Waals surface area contributed by atoms with Gasteiger partial charge in [-0.15, -0.1) is 0 Å². The predicted octanol–water partition coefficient (Wildman–Crippen LogP) is 1.31. The molecule has 0 radical (unpaired) electrons. The molecule has 7 heteroatoms. The molecule has 1 unspecified atom stereocenters. The Morgan fingerprint density at radius 3 is 2.53 bits per heavy atom. The fourth-order valence-corrected chi connectivity index (χ4v) is 0.889. The summed E-state index contributed by atoms with van der Waals surface area (Å²) in [4.78, 5) is 21.4. The van der Waals surface area contributed by atoms with E-state index in [9.17, 15) is 22.8 Å². The van der Waals surface area contributed by atoms with Crippen molar-refractivity contribution in [1.29, 1.82) is 0 Å². The van der Waals surface area contributed by atoms with Crippen molar-refractivity contribution in [2.45, 2.75) is 25.3 Å². The molecule has 84 valence electrons. The van der Waals surface area contributed by atoms with Gasteiger partial charge >= 0.3 is 18.1 Å². The molecule has 1 heterocycles. The molecule has 0 N–H and O–H groups in total. The summed E-state index contributed by atoms with van der Waals surface area (Å²) in [6, 6.07) is 0. The van der Waals surface area contributed by atoms with Gasteiger partial charge in [0.25, 0.3) is 0 Å². The van der Waals surface area contributed by atoms with Gasteiger partial charge in [-0.2, -0.15) is 13.2 Å². The van der Waals surface area contributed by atoms with Crippen LogP contribution >= 0.6 is 0 Å². The maximum absolute atomic E-state index is 11.9. The molecule has 1 atom stereocenters. The highest BCUT2D eigenvalue weighted by Gasteiger charge is 2.39. The van der Waals surface area contributed by atoms with E-state index in [1.807, 2.05) is 0 Å². The Morgan fingerprint density at radius 2 is 2.13 bits per heavy atom. The standard InChI is InChI=1S/C8H7F3O4/c1-4(8(9,10)11)7(13)15-6-3-2-5(12)14-6/h6H,1-3H2. The van der Waals surface area contributed by atoms with Crippen LogP contribution in [-0.2, 0) is 19.1 Å². The normalized spacial score (nSPS) is 21.0. The lowest BCUT2D eigenvalue weighted by atomic mass is 10.3. The van der Waals surface area contributed by atoms with Crippen molar-refractivity contribution in [1.82, 2.24) is 0 Å². The van der Waals surface area contributed by atoms with Crippen LogP contribution in [0.3, 0.4) is 0 Å². The molecule has 0 bridgehead atoms. The number of hydrogen-bond acceptors (Lipinski definition) is 4. The highest BCUT2D eigenvalue weighted by atomic mass is 19.4. The average Bonchev–Trinajstić information content (AvgIpc) is 2.48. The zero-order valence-electron chi connectivity index (χ0n) is 7.47. The van der Waals surface area contributed by atoms with Gasteiger partial charge in [0.2, 0.25) is 6.29 Å². The van der Waals surface area contributed by atoms with E-state index in [2.05, 4.69) is 16.1 Å². The molecule has 0 aromatic carbocycles. The fourth-order valence-electron chi connectivity index (χ4n) is 0.889. The number of ether oxygens (including phenoxy) is 2. The Hall–Kier alpha value is -1.53. The molecule has 0 amide bonds. The number of esters is 2. The van der Waals surface area contributed by atoms with E-state index in [1.54, 1.807) is 0 Å². The van der Waals surface area contributed by atoms with Crippen molar-refractivity contribution in [2.24, 2.45) is 0 Å². The van der Waals surface area contributed by atoms with Crippen LogP contribution in [0.15, 0.2) is 12.2 Å². The van der Waals surface area contributed by atoms with E-state index in [-0.39, 0.29) is 12.8 Å². The zero-order chi connectivity index (χ0) is 11.6. The van der Waals surface area contributed by atoms with Gasteiger partial charge in [0.05, 0.1) is 6.42 Å². The lowest BCUT2D eigenvalue weighted by Crippen LogP contribution is -2.25. The van der Waals surface area contributed by atoms with Gasteiger partial charge in [-0.3, -0.25) is 4.79 Å². The topological polar surface area (TPSA) is 52.6 Å². The monoisotopic (exact) mass is 224 g/mol. The van der Waals surface area contributed by atoms with Crippen LogP contribution in [0.5, 0.6) is 0 Å². The van der Waals surface area contributed by atoms with Gasteiger partial charge < -0.3 is 9.47 Å². The van der Waals surface area contributed by atoms with Crippen molar-refractivity contribution in [3.63, 3.8) is 0 Å². The Labute approximate surface area is 82.6 Å². The molecular weight excluding hydrogens is 217 g/mol. The molecule has 1 aliphatic rings. The van der Waals surface area contributed by atoms with Crippen LogP contribution in [0.25, 0.3) is 0 Å². The van der Waals surface area contributed by atoms with Crippen molar-refractivity contribution >= 4 is 11.9 Å². The smallest absolute Gasteiger partial charge is 0.422 e. The number of alkyl halides is 3. The lowest BCUT2D eigenvalue weighted by Gasteiger charge is -2.13. The summed E-state index contributed by atoms with van der Waals surface area (Å²) in [6.07, 6.45) is -5.98. The van der Waals surface area contributed by atoms with Crippen molar-refractivity contribution in [3.05, 3.63) is 12.2 Å². The second-order valence-corrected chi connectivity index (χ2v) is 2.84. The molecule has 0 saturated carbocycles. The third-order valence-electron chi connectivity index (χ3n) is 1.67. The minimum atomic E-state index is -4.83. The largest absolute Gasteiger partial charge is 0.425 e. The predicted molar refractivity (Wildman–Crippen MR) is 40.4 cm³/mol. The van der Waals surface area contributed by atoms with Gasteiger partial charge in [0.15, 0.2) is 0 Å². The van der Waals surface area contributed by atoms with Gasteiger partial charge in [0.1, 0.15) is 5.57 Å². The van der Waals surface area contributed by atoms with Crippen molar-refractivity contribution < 1.29 is 32.2 Å². The van der Waals surface area contributed by atoms with Crippen LogP contribution in [-0.4, -0.2) is 24.4 Å². The summed E-state index contributed by atoms with van der Waals surface area (Å²) in [5.74, 6) is -2.23. The molecule has 0 aliphatic carbocycles. The molecule has 1 aliphatic heterocycles. The van der Waals surface area contributed by atoms with Crippen LogP contribution in [0.4, 0.5) is 13.2 Å². The zero-order valence-corrected chi connectivity index (χ0v) is 7.47. The van der Waals surface area contributed by atoms with E-state index in [4.69, 9.17) is 0 Å². The summed E-state index contributed by atoms with van der Waals surface area (Å²) < 4.78 is 44.5. The molecule has 15 heavy (non-hydrogen) atoms. The SMILES string of the molecule is C=C(C(=O)OC1CCC(=O)O1)C(F)(F)F. The second-order valence-electron chi connectivity index (χ2n) is 2.84. The van der Waals surface area contributed by atoms with Crippen molar-refractivity contribution in [3.8, 4) is 0 Å². The molecule has 4 nitrogen and oxygen atoms in total. The summed E-state index contributed by atoms with van der Waals surface area (Å²) in [7, 11) is 0. The third kappa shape index (κ3) is 2.97. The highest BCUT2D eigenvalue weighted by Crippen LogP contribution is 2.26. The first-order valence-corrected chi connectivity index (χ1v) is 3.97. The Bertz CT molecular complexity index is 307. The number of cyclic esters (lactones) is 1. The summed E-state index contributed by atoms with van der Waals surface area (Å²) in [5, 5.41) is 0. The highest BCUT2D eigenvalue weighted by molar-refractivity contribution is 5.89. The molecule has 0 aromatic heterocycles. The first kappa shape index (κ1) is 11.5.